The van der Waals surface area contributed by atoms with Crippen LogP contribution in [0.2, 0.25) is 5.02 Å². The third kappa shape index (κ3) is 3.63. The van der Waals surface area contributed by atoms with Crippen molar-refractivity contribution < 1.29 is 4.42 Å². The van der Waals surface area contributed by atoms with Crippen molar-refractivity contribution >= 4 is 23.4 Å². The number of nitrogens with zero attached hydrogens (tertiary/aromatic N) is 5. The molecule has 0 radical (unpaired) electrons. The van der Waals surface area contributed by atoms with Gasteiger partial charge in [-0.05, 0) is 37.3 Å². The molecule has 4 aromatic rings. The Balaban J connectivity index is 1.50. The lowest BCUT2D eigenvalue weighted by Gasteiger charge is -2.05. The molecule has 0 aliphatic heterocycles. The summed E-state index contributed by atoms with van der Waals surface area (Å²) in [6, 6.07) is 15.5. The SMILES string of the molecule is Cc1cccc(-c2nnc(CSc3nncn3-c3cccc(Cl)c3)o2)c1. The molecule has 0 N–H and O–H groups in total. The molecule has 130 valence electrons. The first kappa shape index (κ1) is 16.8. The Kier molecular flexibility index (Phi) is 4.73. The van der Waals surface area contributed by atoms with Gasteiger partial charge in [-0.25, -0.2) is 0 Å². The van der Waals surface area contributed by atoms with E-state index in [1.807, 2.05) is 60.0 Å². The van der Waals surface area contributed by atoms with E-state index in [0.717, 1.165) is 22.0 Å². The second kappa shape index (κ2) is 7.31. The van der Waals surface area contributed by atoms with E-state index >= 15 is 0 Å². The molecular weight excluding hydrogens is 370 g/mol. The van der Waals surface area contributed by atoms with Crippen LogP contribution in [0, 0.1) is 6.92 Å². The van der Waals surface area contributed by atoms with Crippen LogP contribution in [0.4, 0.5) is 0 Å². The van der Waals surface area contributed by atoms with Gasteiger partial charge in [-0.15, -0.1) is 20.4 Å². The maximum atomic E-state index is 6.06. The number of hydrogen-bond acceptors (Lipinski definition) is 6. The van der Waals surface area contributed by atoms with E-state index in [1.165, 1.54) is 11.8 Å². The lowest BCUT2D eigenvalue weighted by atomic mass is 10.1. The van der Waals surface area contributed by atoms with Crippen LogP contribution in [0.25, 0.3) is 17.1 Å². The van der Waals surface area contributed by atoms with Crippen molar-refractivity contribution in [3.05, 3.63) is 71.3 Å². The minimum atomic E-state index is 0.498. The largest absolute Gasteiger partial charge is 0.420 e. The fourth-order valence-electron chi connectivity index (χ4n) is 2.46. The molecule has 0 atom stereocenters. The number of hydrogen-bond donors (Lipinski definition) is 0. The summed E-state index contributed by atoms with van der Waals surface area (Å²) in [5, 5.41) is 17.8. The zero-order valence-electron chi connectivity index (χ0n) is 13.8. The van der Waals surface area contributed by atoms with Crippen molar-refractivity contribution in [2.24, 2.45) is 0 Å². The Bertz CT molecular complexity index is 1050. The lowest BCUT2D eigenvalue weighted by molar-refractivity contribution is 0.528. The molecule has 0 saturated heterocycles. The second-order valence-corrected chi connectivity index (χ2v) is 7.00. The van der Waals surface area contributed by atoms with Gasteiger partial charge >= 0.3 is 0 Å². The van der Waals surface area contributed by atoms with E-state index in [2.05, 4.69) is 20.4 Å². The van der Waals surface area contributed by atoms with Crippen molar-refractivity contribution in [1.82, 2.24) is 25.0 Å². The van der Waals surface area contributed by atoms with Gasteiger partial charge in [-0.3, -0.25) is 4.57 Å². The molecule has 8 heteroatoms. The summed E-state index contributed by atoms with van der Waals surface area (Å²) < 4.78 is 7.64. The number of rotatable bonds is 5. The van der Waals surface area contributed by atoms with Crippen LogP contribution in [0.1, 0.15) is 11.5 Å². The summed E-state index contributed by atoms with van der Waals surface area (Å²) >= 11 is 7.53. The highest BCUT2D eigenvalue weighted by molar-refractivity contribution is 7.98. The van der Waals surface area contributed by atoms with Crippen LogP contribution < -0.4 is 0 Å². The van der Waals surface area contributed by atoms with Crippen molar-refractivity contribution in [1.29, 1.82) is 0 Å². The van der Waals surface area contributed by atoms with Gasteiger partial charge in [0.15, 0.2) is 5.16 Å². The standard InChI is InChI=1S/C18H14ClN5OS/c1-12-4-2-5-13(8-12)17-22-21-16(25-17)10-26-18-23-20-11-24(18)15-7-3-6-14(19)9-15/h2-9,11H,10H2,1H3. The van der Waals surface area contributed by atoms with Gasteiger partial charge in [0.25, 0.3) is 0 Å². The van der Waals surface area contributed by atoms with Gasteiger partial charge in [-0.1, -0.05) is 47.1 Å². The topological polar surface area (TPSA) is 69.6 Å². The molecule has 6 nitrogen and oxygen atoms in total. The molecule has 0 spiro atoms. The van der Waals surface area contributed by atoms with Crippen LogP contribution >= 0.6 is 23.4 Å². The van der Waals surface area contributed by atoms with Crippen LogP contribution in [0.3, 0.4) is 0 Å². The monoisotopic (exact) mass is 383 g/mol. The minimum absolute atomic E-state index is 0.498. The maximum absolute atomic E-state index is 6.06. The third-order valence-electron chi connectivity index (χ3n) is 3.66. The molecular formula is C18H14ClN5OS. The summed E-state index contributed by atoms with van der Waals surface area (Å²) in [4.78, 5) is 0. The van der Waals surface area contributed by atoms with Crippen molar-refractivity contribution in [2.75, 3.05) is 0 Å². The first-order chi connectivity index (χ1) is 12.7. The van der Waals surface area contributed by atoms with Crippen LogP contribution in [0.5, 0.6) is 0 Å². The van der Waals surface area contributed by atoms with Crippen LogP contribution in [0.15, 0.2) is 64.4 Å². The van der Waals surface area contributed by atoms with Gasteiger partial charge in [0, 0.05) is 10.6 Å². The van der Waals surface area contributed by atoms with E-state index < -0.39 is 0 Å². The number of aryl methyl sites for hydroxylation is 1. The van der Waals surface area contributed by atoms with Crippen LogP contribution in [-0.4, -0.2) is 25.0 Å². The summed E-state index contributed by atoms with van der Waals surface area (Å²) in [6.45, 7) is 2.03. The molecule has 0 aliphatic rings. The van der Waals surface area contributed by atoms with Crippen molar-refractivity contribution in [3.63, 3.8) is 0 Å². The third-order valence-corrected chi connectivity index (χ3v) is 4.82. The van der Waals surface area contributed by atoms with E-state index in [4.69, 9.17) is 16.0 Å². The van der Waals surface area contributed by atoms with E-state index in [0.29, 0.717) is 22.6 Å². The zero-order chi connectivity index (χ0) is 17.9. The predicted octanol–water partition coefficient (Wildman–Crippen LogP) is 4.57. The molecule has 26 heavy (non-hydrogen) atoms. The summed E-state index contributed by atoms with van der Waals surface area (Å²) in [5.41, 5.74) is 2.96. The van der Waals surface area contributed by atoms with Gasteiger partial charge < -0.3 is 4.42 Å². The Morgan fingerprint density at radius 1 is 1.08 bits per heavy atom. The van der Waals surface area contributed by atoms with Gasteiger partial charge in [0.05, 0.1) is 11.4 Å². The average molecular weight is 384 g/mol. The van der Waals surface area contributed by atoms with E-state index in [9.17, 15) is 0 Å². The summed E-state index contributed by atoms with van der Waals surface area (Å²) in [5.74, 6) is 1.55. The molecule has 4 rings (SSSR count). The molecule has 0 saturated carbocycles. The highest BCUT2D eigenvalue weighted by Gasteiger charge is 2.12. The van der Waals surface area contributed by atoms with E-state index in [1.54, 1.807) is 6.33 Å². The minimum Gasteiger partial charge on any atom is -0.420 e. The first-order valence-corrected chi connectivity index (χ1v) is 9.23. The summed E-state index contributed by atoms with van der Waals surface area (Å²) in [7, 11) is 0. The number of halogens is 1. The molecule has 2 aromatic heterocycles. The quantitative estimate of drug-likeness (QED) is 0.470. The Hall–Kier alpha value is -2.64. The fourth-order valence-corrected chi connectivity index (χ4v) is 3.41. The molecule has 0 bridgehead atoms. The van der Waals surface area contributed by atoms with Crippen molar-refractivity contribution in [2.45, 2.75) is 17.8 Å². The molecule has 2 heterocycles. The highest BCUT2D eigenvalue weighted by atomic mass is 35.5. The van der Waals surface area contributed by atoms with Gasteiger partial charge in [0.2, 0.25) is 11.8 Å². The average Bonchev–Trinajstić information content (AvgIpc) is 3.29. The smallest absolute Gasteiger partial charge is 0.247 e. The molecule has 0 unspecified atom stereocenters. The van der Waals surface area contributed by atoms with Crippen LogP contribution in [-0.2, 0) is 5.75 Å². The Morgan fingerprint density at radius 2 is 1.96 bits per heavy atom. The number of aromatic nitrogens is 5. The first-order valence-electron chi connectivity index (χ1n) is 7.87. The second-order valence-electron chi connectivity index (χ2n) is 5.62. The molecule has 0 amide bonds. The highest BCUT2D eigenvalue weighted by Crippen LogP contribution is 2.26. The molecule has 0 aliphatic carbocycles. The predicted molar refractivity (Wildman–Crippen MR) is 100 cm³/mol. The Morgan fingerprint density at radius 3 is 2.81 bits per heavy atom. The van der Waals surface area contributed by atoms with Crippen molar-refractivity contribution in [3.8, 4) is 17.1 Å². The maximum Gasteiger partial charge on any atom is 0.247 e. The molecule has 2 aromatic carbocycles. The number of thioether (sulfide) groups is 1. The fraction of sp³-hybridized carbons (Fsp3) is 0.111. The Labute approximate surface area is 159 Å². The zero-order valence-corrected chi connectivity index (χ0v) is 15.4. The van der Waals surface area contributed by atoms with E-state index in [-0.39, 0.29) is 0 Å². The normalized spacial score (nSPS) is 11.0. The van der Waals surface area contributed by atoms with Gasteiger partial charge in [-0.2, -0.15) is 0 Å². The molecule has 0 fully saturated rings. The van der Waals surface area contributed by atoms with Gasteiger partial charge in [0.1, 0.15) is 6.33 Å². The lowest BCUT2D eigenvalue weighted by Crippen LogP contribution is -1.95. The number of benzene rings is 2. The summed E-state index contributed by atoms with van der Waals surface area (Å²) in [6.07, 6.45) is 1.65.